The number of hydrogen-bond acceptors (Lipinski definition) is 6. The number of carbonyl (C=O) groups excluding carboxylic acids is 1. The summed E-state index contributed by atoms with van der Waals surface area (Å²) >= 11 is 5.89. The van der Waals surface area contributed by atoms with Crippen molar-refractivity contribution in [2.45, 2.75) is 13.2 Å². The number of alkyl halides is 2. The SMILES string of the molecule is COC(=O)c1nc2ccc(Cl)nn2c1COc1ccccc1OC(F)F. The largest absolute Gasteiger partial charge is 0.483 e. The van der Waals surface area contributed by atoms with Gasteiger partial charge in [-0.05, 0) is 24.3 Å². The summed E-state index contributed by atoms with van der Waals surface area (Å²) in [6, 6.07) is 9.00. The third kappa shape index (κ3) is 3.67. The minimum Gasteiger partial charge on any atom is -0.483 e. The number of carbonyl (C=O) groups is 1. The van der Waals surface area contributed by atoms with Gasteiger partial charge in [-0.1, -0.05) is 23.7 Å². The molecule has 0 spiro atoms. The van der Waals surface area contributed by atoms with Crippen molar-refractivity contribution in [2.24, 2.45) is 0 Å². The van der Waals surface area contributed by atoms with Crippen LogP contribution < -0.4 is 9.47 Å². The number of benzene rings is 1. The minimum atomic E-state index is -3.00. The molecule has 0 fully saturated rings. The van der Waals surface area contributed by atoms with E-state index in [1.165, 1.54) is 35.9 Å². The smallest absolute Gasteiger partial charge is 0.387 e. The number of esters is 1. The molecule has 0 aliphatic heterocycles. The molecule has 0 N–H and O–H groups in total. The molecule has 26 heavy (non-hydrogen) atoms. The van der Waals surface area contributed by atoms with Crippen LogP contribution in [0, 0.1) is 0 Å². The molecule has 0 bridgehead atoms. The Labute approximate surface area is 151 Å². The molecule has 2 aromatic heterocycles. The second-order valence-electron chi connectivity index (χ2n) is 4.94. The molecule has 0 radical (unpaired) electrons. The predicted octanol–water partition coefficient (Wildman–Crippen LogP) is 3.35. The lowest BCUT2D eigenvalue weighted by molar-refractivity contribution is -0.0516. The third-order valence-electron chi connectivity index (χ3n) is 3.35. The van der Waals surface area contributed by atoms with E-state index in [1.807, 2.05) is 0 Å². The summed E-state index contributed by atoms with van der Waals surface area (Å²) in [6.07, 6.45) is 0. The number of methoxy groups -OCH3 is 1. The van der Waals surface area contributed by atoms with Crippen LogP contribution in [0.15, 0.2) is 36.4 Å². The van der Waals surface area contributed by atoms with E-state index in [0.717, 1.165) is 0 Å². The first-order valence-corrected chi connectivity index (χ1v) is 7.66. The van der Waals surface area contributed by atoms with E-state index in [4.69, 9.17) is 21.1 Å². The maximum atomic E-state index is 12.5. The van der Waals surface area contributed by atoms with Crippen LogP contribution in [0.5, 0.6) is 11.5 Å². The zero-order chi connectivity index (χ0) is 18.7. The van der Waals surface area contributed by atoms with Gasteiger partial charge in [-0.2, -0.15) is 13.9 Å². The molecular formula is C16H12ClF2N3O4. The number of fused-ring (bicyclic) bond motifs is 1. The van der Waals surface area contributed by atoms with Gasteiger partial charge in [-0.3, -0.25) is 0 Å². The lowest BCUT2D eigenvalue weighted by Gasteiger charge is -2.12. The van der Waals surface area contributed by atoms with Gasteiger partial charge in [0.25, 0.3) is 0 Å². The van der Waals surface area contributed by atoms with E-state index in [-0.39, 0.29) is 34.6 Å². The molecular weight excluding hydrogens is 372 g/mol. The monoisotopic (exact) mass is 383 g/mol. The number of nitrogens with zero attached hydrogens (tertiary/aromatic N) is 3. The highest BCUT2D eigenvalue weighted by atomic mass is 35.5. The van der Waals surface area contributed by atoms with Crippen LogP contribution in [-0.2, 0) is 11.3 Å². The molecule has 0 amide bonds. The Morgan fingerprint density at radius 1 is 1.23 bits per heavy atom. The molecule has 0 saturated heterocycles. The molecule has 3 rings (SSSR count). The van der Waals surface area contributed by atoms with Crippen molar-refractivity contribution in [1.29, 1.82) is 0 Å². The normalized spacial score (nSPS) is 11.0. The van der Waals surface area contributed by atoms with Crippen molar-refractivity contribution >= 4 is 23.2 Å². The number of aromatic nitrogens is 3. The van der Waals surface area contributed by atoms with Crippen molar-refractivity contribution < 1.29 is 27.8 Å². The highest BCUT2D eigenvalue weighted by molar-refractivity contribution is 6.29. The van der Waals surface area contributed by atoms with E-state index < -0.39 is 12.6 Å². The summed E-state index contributed by atoms with van der Waals surface area (Å²) in [7, 11) is 1.21. The van der Waals surface area contributed by atoms with E-state index in [9.17, 15) is 13.6 Å². The Morgan fingerprint density at radius 2 is 1.96 bits per heavy atom. The molecule has 2 heterocycles. The lowest BCUT2D eigenvalue weighted by Crippen LogP contribution is -2.11. The van der Waals surface area contributed by atoms with Crippen LogP contribution in [0.25, 0.3) is 5.65 Å². The molecule has 0 unspecified atom stereocenters. The van der Waals surface area contributed by atoms with Gasteiger partial charge in [0.15, 0.2) is 22.8 Å². The van der Waals surface area contributed by atoms with Crippen LogP contribution >= 0.6 is 11.6 Å². The summed E-state index contributed by atoms with van der Waals surface area (Å²) < 4.78 is 41.0. The Balaban J connectivity index is 1.96. The molecule has 0 saturated carbocycles. The van der Waals surface area contributed by atoms with Gasteiger partial charge in [0.2, 0.25) is 0 Å². The Kier molecular flexibility index (Phi) is 5.17. The van der Waals surface area contributed by atoms with E-state index in [2.05, 4.69) is 14.8 Å². The van der Waals surface area contributed by atoms with Gasteiger partial charge in [0.1, 0.15) is 17.5 Å². The van der Waals surface area contributed by atoms with Crippen molar-refractivity contribution in [3.63, 3.8) is 0 Å². The first kappa shape index (κ1) is 17.9. The zero-order valence-corrected chi connectivity index (χ0v) is 14.1. The summed E-state index contributed by atoms with van der Waals surface area (Å²) in [5, 5.41) is 4.25. The highest BCUT2D eigenvalue weighted by Gasteiger charge is 2.22. The van der Waals surface area contributed by atoms with Crippen molar-refractivity contribution in [2.75, 3.05) is 7.11 Å². The van der Waals surface area contributed by atoms with Crippen molar-refractivity contribution in [3.05, 3.63) is 52.9 Å². The van der Waals surface area contributed by atoms with E-state index in [0.29, 0.717) is 5.65 Å². The maximum absolute atomic E-state index is 12.5. The summed E-state index contributed by atoms with van der Waals surface area (Å²) in [5.74, 6) is -0.759. The van der Waals surface area contributed by atoms with Gasteiger partial charge in [-0.15, -0.1) is 0 Å². The second-order valence-corrected chi connectivity index (χ2v) is 5.33. The van der Waals surface area contributed by atoms with Crippen LogP contribution in [0.2, 0.25) is 5.15 Å². The molecule has 0 aliphatic carbocycles. The summed E-state index contributed by atoms with van der Waals surface area (Å²) in [4.78, 5) is 16.1. The van der Waals surface area contributed by atoms with Crippen molar-refractivity contribution in [1.82, 2.24) is 14.6 Å². The molecule has 0 aliphatic rings. The molecule has 136 valence electrons. The average Bonchev–Trinajstić information content (AvgIpc) is 2.97. The third-order valence-corrected chi connectivity index (χ3v) is 3.55. The summed E-state index contributed by atoms with van der Waals surface area (Å²) in [5.41, 5.74) is 0.584. The van der Waals surface area contributed by atoms with Gasteiger partial charge in [-0.25, -0.2) is 14.3 Å². The van der Waals surface area contributed by atoms with E-state index in [1.54, 1.807) is 12.1 Å². The van der Waals surface area contributed by atoms with E-state index >= 15 is 0 Å². The number of imidazole rings is 1. The first-order valence-electron chi connectivity index (χ1n) is 7.28. The number of ether oxygens (including phenoxy) is 3. The predicted molar refractivity (Wildman–Crippen MR) is 86.7 cm³/mol. The topological polar surface area (TPSA) is 75.0 Å². The van der Waals surface area contributed by atoms with Crippen LogP contribution in [-0.4, -0.2) is 34.3 Å². The van der Waals surface area contributed by atoms with Gasteiger partial charge >= 0.3 is 12.6 Å². The molecule has 1 aromatic carbocycles. The van der Waals surface area contributed by atoms with Crippen LogP contribution in [0.3, 0.4) is 0 Å². The zero-order valence-electron chi connectivity index (χ0n) is 13.4. The molecule has 7 nitrogen and oxygen atoms in total. The number of halogens is 3. The minimum absolute atomic E-state index is 0.0190. The van der Waals surface area contributed by atoms with Gasteiger partial charge in [0.05, 0.1) is 7.11 Å². The Morgan fingerprint density at radius 3 is 2.65 bits per heavy atom. The molecule has 3 aromatic rings. The standard InChI is InChI=1S/C16H12ClF2N3O4/c1-24-15(23)14-9(22-13(20-14)7-6-12(17)21-22)8-25-10-4-2-3-5-11(10)26-16(18)19/h2-7,16H,8H2,1H3. The fourth-order valence-electron chi connectivity index (χ4n) is 2.26. The number of hydrogen-bond donors (Lipinski definition) is 0. The van der Waals surface area contributed by atoms with Crippen molar-refractivity contribution in [3.8, 4) is 11.5 Å². The highest BCUT2D eigenvalue weighted by Crippen LogP contribution is 2.29. The molecule has 0 atom stereocenters. The Hall–Kier alpha value is -2.94. The fraction of sp³-hybridized carbons (Fsp3) is 0.188. The number of rotatable bonds is 6. The first-order chi connectivity index (χ1) is 12.5. The maximum Gasteiger partial charge on any atom is 0.387 e. The summed E-state index contributed by atoms with van der Waals surface area (Å²) in [6.45, 7) is -3.20. The van der Waals surface area contributed by atoms with Gasteiger partial charge in [0, 0.05) is 0 Å². The lowest BCUT2D eigenvalue weighted by atomic mass is 10.3. The van der Waals surface area contributed by atoms with Crippen LogP contribution in [0.1, 0.15) is 16.2 Å². The Bertz CT molecular complexity index is 948. The van der Waals surface area contributed by atoms with Crippen LogP contribution in [0.4, 0.5) is 8.78 Å². The fourth-order valence-corrected chi connectivity index (χ4v) is 2.39. The second kappa shape index (κ2) is 7.52. The quantitative estimate of drug-likeness (QED) is 0.608. The molecule has 10 heteroatoms. The number of para-hydroxylation sites is 2. The van der Waals surface area contributed by atoms with Gasteiger partial charge < -0.3 is 14.2 Å². The average molecular weight is 384 g/mol.